The first-order valence-electron chi connectivity index (χ1n) is 11.4. The molecule has 0 aliphatic heterocycles. The van der Waals surface area contributed by atoms with E-state index in [1.807, 2.05) is 0 Å². The number of benzene rings is 2. The number of rotatable bonds is 7. The molecule has 2 aromatic heterocycles. The first-order valence-corrected chi connectivity index (χ1v) is 11.4. The molecule has 0 fully saturated rings. The summed E-state index contributed by atoms with van der Waals surface area (Å²) in [4.78, 5) is 33.2. The molecule has 0 aliphatic rings. The van der Waals surface area contributed by atoms with Gasteiger partial charge in [-0.1, -0.05) is 6.07 Å². The minimum atomic E-state index is -0.733. The fraction of sp³-hybridized carbons (Fsp3) is 0.200. The van der Waals surface area contributed by atoms with E-state index in [9.17, 15) is 4.79 Å². The van der Waals surface area contributed by atoms with Gasteiger partial charge in [0.15, 0.2) is 11.6 Å². The maximum absolute atomic E-state index is 13.0. The lowest BCUT2D eigenvalue weighted by Gasteiger charge is -2.20. The molecular weight excluding hydrogens is 490 g/mol. The Kier molecular flexibility index (Phi) is 6.84. The van der Waals surface area contributed by atoms with Gasteiger partial charge in [0.25, 0.3) is 11.7 Å². The number of H-pyrrole nitrogens is 1. The van der Waals surface area contributed by atoms with Crippen LogP contribution in [0.15, 0.2) is 47.5 Å². The van der Waals surface area contributed by atoms with E-state index >= 15 is 0 Å². The third-order valence-corrected chi connectivity index (χ3v) is 4.84. The number of hydrogen-bond donors (Lipinski definition) is 5. The molecule has 0 spiro atoms. The number of amidine groups is 1. The Hall–Kier alpha value is -5.20. The average Bonchev–Trinajstić information content (AvgIpc) is 3.18. The second-order valence-electron chi connectivity index (χ2n) is 9.24. The van der Waals surface area contributed by atoms with Crippen LogP contribution in [0, 0.1) is 6.92 Å². The SMILES string of the molecule is Cc1nc2nc(Oc3cccc(N=C(N)N)c3)nc(Oc3cc(C(N)=[NH2+])ccc3C(=O)OC(C)(C)C)c2[nH]1. The molecule has 196 valence electrons. The van der Waals surface area contributed by atoms with E-state index in [1.165, 1.54) is 12.1 Å². The fourth-order valence-corrected chi connectivity index (χ4v) is 3.35. The Morgan fingerprint density at radius 1 is 1.03 bits per heavy atom. The van der Waals surface area contributed by atoms with Crippen molar-refractivity contribution in [1.29, 1.82) is 0 Å². The van der Waals surface area contributed by atoms with Crippen molar-refractivity contribution >= 4 is 34.6 Å². The zero-order chi connectivity index (χ0) is 27.6. The summed E-state index contributed by atoms with van der Waals surface area (Å²) in [6, 6.07) is 11.3. The van der Waals surface area contributed by atoms with E-state index in [4.69, 9.17) is 36.8 Å². The number of carbonyl (C=O) groups is 1. The number of carbonyl (C=O) groups excluding carboxylic acids is 1. The number of esters is 1. The molecule has 4 rings (SSSR count). The van der Waals surface area contributed by atoms with Crippen LogP contribution in [0.5, 0.6) is 23.4 Å². The highest BCUT2D eigenvalue weighted by Crippen LogP contribution is 2.33. The summed E-state index contributed by atoms with van der Waals surface area (Å²) in [7, 11) is 0. The number of aliphatic imine (C=N–C) groups is 1. The standard InChI is InChI=1S/C25H27N9O4/c1-12-30-18-20(31-12)33-24(36-15-7-5-6-14(11-15)32-23(28)29)34-21(18)37-17-10-13(19(26)27)8-9-16(17)22(35)38-25(2,3)4/h5-11H,1-4H3,(H3,26,27)(H4,28,29,32)(H,30,31,33,34)/p+1. The van der Waals surface area contributed by atoms with Crippen molar-refractivity contribution < 1.29 is 24.4 Å². The van der Waals surface area contributed by atoms with Gasteiger partial charge in [-0.2, -0.15) is 9.97 Å². The Morgan fingerprint density at radius 3 is 2.47 bits per heavy atom. The van der Waals surface area contributed by atoms with Gasteiger partial charge in [0.2, 0.25) is 0 Å². The van der Waals surface area contributed by atoms with Crippen LogP contribution in [0.1, 0.15) is 42.5 Å². The van der Waals surface area contributed by atoms with Gasteiger partial charge in [-0.05, 0) is 58.0 Å². The molecule has 2 aromatic carbocycles. The highest BCUT2D eigenvalue weighted by atomic mass is 16.6. The summed E-state index contributed by atoms with van der Waals surface area (Å²) < 4.78 is 17.5. The maximum Gasteiger partial charge on any atom is 0.342 e. The van der Waals surface area contributed by atoms with Crippen LogP contribution in [-0.2, 0) is 4.74 Å². The lowest BCUT2D eigenvalue weighted by atomic mass is 10.1. The summed E-state index contributed by atoms with van der Waals surface area (Å²) in [5, 5.41) is 5.79. The minimum absolute atomic E-state index is 0.0421. The van der Waals surface area contributed by atoms with Gasteiger partial charge in [-0.25, -0.2) is 14.8 Å². The summed E-state index contributed by atoms with van der Waals surface area (Å²) in [6.45, 7) is 7.04. The molecule has 0 amide bonds. The molecule has 9 N–H and O–H groups in total. The van der Waals surface area contributed by atoms with Gasteiger partial charge < -0.3 is 30.7 Å². The zero-order valence-electron chi connectivity index (χ0n) is 21.3. The summed E-state index contributed by atoms with van der Waals surface area (Å²) >= 11 is 0. The number of nitrogens with zero attached hydrogens (tertiary/aromatic N) is 4. The van der Waals surface area contributed by atoms with E-state index in [1.54, 1.807) is 58.0 Å². The number of nitrogens with one attached hydrogen (secondary N) is 1. The van der Waals surface area contributed by atoms with Crippen molar-refractivity contribution in [2.75, 3.05) is 0 Å². The van der Waals surface area contributed by atoms with Crippen LogP contribution in [0.25, 0.3) is 11.2 Å². The summed E-state index contributed by atoms with van der Waals surface area (Å²) in [5.74, 6) is 0.426. The molecule has 13 heteroatoms. The highest BCUT2D eigenvalue weighted by Gasteiger charge is 2.24. The summed E-state index contributed by atoms with van der Waals surface area (Å²) in [5.41, 5.74) is 17.7. The van der Waals surface area contributed by atoms with Crippen molar-refractivity contribution in [3.8, 4) is 23.4 Å². The van der Waals surface area contributed by atoms with Gasteiger partial charge in [0, 0.05) is 6.07 Å². The number of nitrogens with two attached hydrogens (primary N) is 4. The smallest absolute Gasteiger partial charge is 0.342 e. The predicted molar refractivity (Wildman–Crippen MR) is 140 cm³/mol. The normalized spacial score (nSPS) is 11.2. The van der Waals surface area contributed by atoms with Crippen LogP contribution in [0.4, 0.5) is 5.69 Å². The first kappa shape index (κ1) is 25.9. The first-order chi connectivity index (χ1) is 17.9. The van der Waals surface area contributed by atoms with E-state index in [0.717, 1.165) is 0 Å². The number of aryl methyl sites for hydroxylation is 1. The number of aromatic amines is 1. The number of aromatic nitrogens is 4. The lowest BCUT2D eigenvalue weighted by molar-refractivity contribution is -0.114. The second-order valence-corrected chi connectivity index (χ2v) is 9.24. The van der Waals surface area contributed by atoms with Crippen molar-refractivity contribution in [2.24, 2.45) is 22.2 Å². The second kappa shape index (κ2) is 10.0. The molecule has 2 heterocycles. The number of fused-ring (bicyclic) bond motifs is 1. The highest BCUT2D eigenvalue weighted by molar-refractivity contribution is 5.97. The van der Waals surface area contributed by atoms with Crippen LogP contribution in [0.2, 0.25) is 0 Å². The number of ether oxygens (including phenoxy) is 3. The Balaban J connectivity index is 1.77. The van der Waals surface area contributed by atoms with Gasteiger partial charge >= 0.3 is 12.0 Å². The van der Waals surface area contributed by atoms with Crippen molar-refractivity contribution in [1.82, 2.24) is 19.9 Å². The van der Waals surface area contributed by atoms with Gasteiger partial charge in [-0.3, -0.25) is 11.1 Å². The molecule has 0 unspecified atom stereocenters. The fourth-order valence-electron chi connectivity index (χ4n) is 3.35. The number of hydrogen-bond acceptors (Lipinski definition) is 8. The van der Waals surface area contributed by atoms with E-state index in [-0.39, 0.29) is 40.6 Å². The maximum atomic E-state index is 13.0. The van der Waals surface area contributed by atoms with E-state index in [0.29, 0.717) is 28.3 Å². The molecule has 4 aromatic rings. The van der Waals surface area contributed by atoms with E-state index in [2.05, 4.69) is 24.9 Å². The molecule has 0 radical (unpaired) electrons. The Morgan fingerprint density at radius 2 is 1.79 bits per heavy atom. The zero-order valence-corrected chi connectivity index (χ0v) is 21.3. The Bertz CT molecular complexity index is 1570. The summed E-state index contributed by atoms with van der Waals surface area (Å²) in [6.07, 6.45) is 0. The van der Waals surface area contributed by atoms with Gasteiger partial charge in [-0.15, -0.1) is 0 Å². The van der Waals surface area contributed by atoms with Crippen LogP contribution >= 0.6 is 0 Å². The molecule has 0 saturated heterocycles. The van der Waals surface area contributed by atoms with Crippen molar-refractivity contribution in [3.63, 3.8) is 0 Å². The van der Waals surface area contributed by atoms with Gasteiger partial charge in [0.05, 0.1) is 11.3 Å². The molecule has 13 nitrogen and oxygen atoms in total. The van der Waals surface area contributed by atoms with Crippen LogP contribution in [0.3, 0.4) is 0 Å². The molecule has 38 heavy (non-hydrogen) atoms. The molecule has 0 atom stereocenters. The monoisotopic (exact) mass is 518 g/mol. The topological polar surface area (TPSA) is 215 Å². The van der Waals surface area contributed by atoms with E-state index < -0.39 is 11.6 Å². The minimum Gasteiger partial charge on any atom is -0.456 e. The largest absolute Gasteiger partial charge is 0.456 e. The molecule has 0 bridgehead atoms. The molecular formula is C25H28N9O4+. The predicted octanol–water partition coefficient (Wildman–Crippen LogP) is 1.57. The van der Waals surface area contributed by atoms with Gasteiger partial charge in [0.1, 0.15) is 34.0 Å². The third-order valence-electron chi connectivity index (χ3n) is 4.84. The van der Waals surface area contributed by atoms with Crippen molar-refractivity contribution in [3.05, 3.63) is 59.4 Å². The third kappa shape index (κ3) is 6.13. The van der Waals surface area contributed by atoms with Crippen LogP contribution < -0.4 is 32.1 Å². The Labute approximate surface area is 217 Å². The molecule has 0 saturated carbocycles. The quantitative estimate of drug-likeness (QED) is 0.135. The van der Waals surface area contributed by atoms with Crippen LogP contribution in [-0.4, -0.2) is 43.3 Å². The van der Waals surface area contributed by atoms with Crippen molar-refractivity contribution in [2.45, 2.75) is 33.3 Å². The average molecular weight is 519 g/mol. The number of imidazole rings is 1. The molecule has 0 aliphatic carbocycles. The number of guanidine groups is 1. The lowest BCUT2D eigenvalue weighted by Crippen LogP contribution is -2.46.